The average Bonchev–Trinajstić information content (AvgIpc) is 2.74. The maximum Gasteiger partial charge on any atom is 0.219 e. The fourth-order valence-corrected chi connectivity index (χ4v) is 3.90. The van der Waals surface area contributed by atoms with E-state index in [2.05, 4.69) is 22.2 Å². The Morgan fingerprint density at radius 1 is 1.17 bits per heavy atom. The fourth-order valence-electron chi connectivity index (χ4n) is 3.90. The number of pyridine rings is 2. The molecule has 154 valence electrons. The van der Waals surface area contributed by atoms with Gasteiger partial charge in [0.05, 0.1) is 5.69 Å². The van der Waals surface area contributed by atoms with Crippen LogP contribution >= 0.6 is 0 Å². The van der Waals surface area contributed by atoms with Gasteiger partial charge in [0.2, 0.25) is 5.91 Å². The van der Waals surface area contributed by atoms with Gasteiger partial charge in [0, 0.05) is 67.0 Å². The number of piperidine rings is 1. The van der Waals surface area contributed by atoms with Gasteiger partial charge >= 0.3 is 0 Å². The van der Waals surface area contributed by atoms with Crippen molar-refractivity contribution in [2.24, 2.45) is 0 Å². The first-order chi connectivity index (χ1) is 14.5. The van der Waals surface area contributed by atoms with Gasteiger partial charge in [-0.1, -0.05) is 0 Å². The summed E-state index contributed by atoms with van der Waals surface area (Å²) in [7, 11) is 0. The Balaban J connectivity index is 1.71. The molecule has 4 heterocycles. The number of nitrogens with one attached hydrogen (secondary N) is 1. The van der Waals surface area contributed by atoms with Gasteiger partial charge in [-0.2, -0.15) is 0 Å². The molecule has 30 heavy (non-hydrogen) atoms. The SMILES string of the molecule is CC(=O)N1C[C@@H](c2nc(Nc3ccnc(C)c3)cc(-c3cccnc3)n2)CC[C@H]1C. The molecule has 0 bridgehead atoms. The second-order valence-corrected chi connectivity index (χ2v) is 7.84. The molecule has 7 heteroatoms. The van der Waals surface area contributed by atoms with E-state index < -0.39 is 0 Å². The molecule has 3 aromatic rings. The number of likely N-dealkylation sites (tertiary alicyclic amines) is 1. The van der Waals surface area contributed by atoms with Crippen molar-refractivity contribution in [2.45, 2.75) is 45.6 Å². The van der Waals surface area contributed by atoms with Crippen molar-refractivity contribution < 1.29 is 4.79 Å². The highest BCUT2D eigenvalue weighted by atomic mass is 16.2. The molecule has 7 nitrogen and oxygen atoms in total. The highest BCUT2D eigenvalue weighted by molar-refractivity contribution is 5.73. The zero-order valence-electron chi connectivity index (χ0n) is 17.5. The van der Waals surface area contributed by atoms with Crippen LogP contribution < -0.4 is 5.32 Å². The summed E-state index contributed by atoms with van der Waals surface area (Å²) in [5, 5.41) is 3.39. The predicted octanol–water partition coefficient (Wildman–Crippen LogP) is 4.10. The number of anilines is 2. The molecule has 1 amide bonds. The van der Waals surface area contributed by atoms with Crippen LogP contribution in [-0.4, -0.2) is 43.3 Å². The zero-order valence-corrected chi connectivity index (χ0v) is 17.5. The van der Waals surface area contributed by atoms with Gasteiger partial charge in [0.25, 0.3) is 0 Å². The van der Waals surface area contributed by atoms with Gasteiger partial charge in [-0.05, 0) is 51.0 Å². The number of hydrogen-bond donors (Lipinski definition) is 1. The third-order valence-corrected chi connectivity index (χ3v) is 5.52. The maximum absolute atomic E-state index is 12.1. The van der Waals surface area contributed by atoms with Crippen LogP contribution in [0.25, 0.3) is 11.3 Å². The third kappa shape index (κ3) is 4.45. The number of carbonyl (C=O) groups excluding carboxylic acids is 1. The summed E-state index contributed by atoms with van der Waals surface area (Å²) in [5.41, 5.74) is 3.60. The van der Waals surface area contributed by atoms with Crippen LogP contribution in [-0.2, 0) is 4.79 Å². The quantitative estimate of drug-likeness (QED) is 0.707. The van der Waals surface area contributed by atoms with E-state index in [0.29, 0.717) is 6.54 Å². The van der Waals surface area contributed by atoms with Crippen LogP contribution in [0.1, 0.15) is 44.1 Å². The lowest BCUT2D eigenvalue weighted by Gasteiger charge is -2.37. The number of rotatable bonds is 4. The average molecular weight is 403 g/mol. The summed E-state index contributed by atoms with van der Waals surface area (Å²) < 4.78 is 0. The van der Waals surface area contributed by atoms with Crippen LogP contribution in [0, 0.1) is 6.92 Å². The van der Waals surface area contributed by atoms with Crippen LogP contribution in [0.15, 0.2) is 48.9 Å². The number of aromatic nitrogens is 4. The first kappa shape index (κ1) is 19.9. The van der Waals surface area contributed by atoms with Gasteiger partial charge < -0.3 is 10.2 Å². The van der Waals surface area contributed by atoms with Crippen molar-refractivity contribution in [3.63, 3.8) is 0 Å². The highest BCUT2D eigenvalue weighted by Crippen LogP contribution is 2.31. The van der Waals surface area contributed by atoms with Crippen LogP contribution in [0.5, 0.6) is 0 Å². The lowest BCUT2D eigenvalue weighted by atomic mass is 9.92. The first-order valence-corrected chi connectivity index (χ1v) is 10.3. The number of aryl methyl sites for hydroxylation is 1. The van der Waals surface area contributed by atoms with Crippen molar-refractivity contribution in [3.8, 4) is 11.3 Å². The molecule has 1 aliphatic heterocycles. The summed E-state index contributed by atoms with van der Waals surface area (Å²) in [6, 6.07) is 9.96. The summed E-state index contributed by atoms with van der Waals surface area (Å²) in [5.74, 6) is 1.67. The van der Waals surface area contributed by atoms with Crippen LogP contribution in [0.3, 0.4) is 0 Å². The predicted molar refractivity (Wildman–Crippen MR) is 116 cm³/mol. The number of hydrogen-bond acceptors (Lipinski definition) is 6. The highest BCUT2D eigenvalue weighted by Gasteiger charge is 2.30. The van der Waals surface area contributed by atoms with Crippen molar-refractivity contribution >= 4 is 17.4 Å². The van der Waals surface area contributed by atoms with Crippen molar-refractivity contribution in [2.75, 3.05) is 11.9 Å². The molecule has 3 aromatic heterocycles. The molecule has 1 N–H and O–H groups in total. The molecule has 0 radical (unpaired) electrons. The zero-order chi connectivity index (χ0) is 21.1. The smallest absolute Gasteiger partial charge is 0.219 e. The summed E-state index contributed by atoms with van der Waals surface area (Å²) in [6.45, 7) is 6.33. The van der Waals surface area contributed by atoms with E-state index in [1.54, 1.807) is 25.5 Å². The minimum Gasteiger partial charge on any atom is -0.340 e. The minimum absolute atomic E-state index is 0.0984. The lowest BCUT2D eigenvalue weighted by Crippen LogP contribution is -2.44. The largest absolute Gasteiger partial charge is 0.340 e. The van der Waals surface area contributed by atoms with E-state index in [1.165, 1.54) is 0 Å². The molecule has 1 aliphatic rings. The van der Waals surface area contributed by atoms with Crippen molar-refractivity contribution in [1.29, 1.82) is 0 Å². The Morgan fingerprint density at radius 3 is 2.77 bits per heavy atom. The van der Waals surface area contributed by atoms with Gasteiger partial charge in [0.15, 0.2) is 0 Å². The third-order valence-electron chi connectivity index (χ3n) is 5.52. The molecule has 2 atom stereocenters. The molecule has 0 spiro atoms. The molecule has 1 fully saturated rings. The standard InChI is InChI=1S/C23H26N6O/c1-15-11-20(8-10-25-15)26-22-12-21(18-5-4-9-24-13-18)27-23(28-22)19-7-6-16(2)29(14-19)17(3)30/h4-5,8-13,16,19H,6-7,14H2,1-3H3,(H,25,26,27,28)/t16-,19+/m1/s1. The Kier molecular flexibility index (Phi) is 5.70. The maximum atomic E-state index is 12.1. The molecule has 1 saturated heterocycles. The van der Waals surface area contributed by atoms with E-state index in [4.69, 9.17) is 9.97 Å². The number of nitrogens with zero attached hydrogens (tertiary/aromatic N) is 5. The fraction of sp³-hybridized carbons (Fsp3) is 0.348. The van der Waals surface area contributed by atoms with Gasteiger partial charge in [-0.25, -0.2) is 9.97 Å². The number of carbonyl (C=O) groups is 1. The summed E-state index contributed by atoms with van der Waals surface area (Å²) in [4.78, 5) is 32.2. The Labute approximate surface area is 176 Å². The molecular weight excluding hydrogens is 376 g/mol. The van der Waals surface area contributed by atoms with Crippen molar-refractivity contribution in [1.82, 2.24) is 24.8 Å². The van der Waals surface area contributed by atoms with Gasteiger partial charge in [-0.3, -0.25) is 14.8 Å². The molecule has 0 unspecified atom stereocenters. The van der Waals surface area contributed by atoms with Gasteiger partial charge in [-0.15, -0.1) is 0 Å². The second-order valence-electron chi connectivity index (χ2n) is 7.84. The van der Waals surface area contributed by atoms with Crippen LogP contribution in [0.2, 0.25) is 0 Å². The van der Waals surface area contributed by atoms with E-state index in [1.807, 2.05) is 42.2 Å². The van der Waals surface area contributed by atoms with Crippen LogP contribution in [0.4, 0.5) is 11.5 Å². The molecule has 4 rings (SSSR count). The lowest BCUT2D eigenvalue weighted by molar-refractivity contribution is -0.132. The van der Waals surface area contributed by atoms with E-state index >= 15 is 0 Å². The molecule has 0 saturated carbocycles. The normalized spacial score (nSPS) is 18.8. The van der Waals surface area contributed by atoms with E-state index in [-0.39, 0.29) is 17.9 Å². The number of amides is 1. The summed E-state index contributed by atoms with van der Waals surface area (Å²) >= 11 is 0. The van der Waals surface area contributed by atoms with Crippen molar-refractivity contribution in [3.05, 3.63) is 60.4 Å². The summed E-state index contributed by atoms with van der Waals surface area (Å²) in [6.07, 6.45) is 7.22. The van der Waals surface area contributed by atoms with E-state index in [0.717, 1.165) is 47.1 Å². The Morgan fingerprint density at radius 2 is 2.03 bits per heavy atom. The van der Waals surface area contributed by atoms with E-state index in [9.17, 15) is 4.79 Å². The molecule has 0 aliphatic carbocycles. The Bertz CT molecular complexity index is 1040. The monoisotopic (exact) mass is 402 g/mol. The second kappa shape index (κ2) is 8.57. The minimum atomic E-state index is 0.0984. The molecular formula is C23H26N6O. The van der Waals surface area contributed by atoms with Gasteiger partial charge in [0.1, 0.15) is 11.6 Å². The Hall–Kier alpha value is -3.35. The molecule has 0 aromatic carbocycles. The first-order valence-electron chi connectivity index (χ1n) is 10.3. The topological polar surface area (TPSA) is 83.9 Å².